The summed E-state index contributed by atoms with van der Waals surface area (Å²) in [6.07, 6.45) is 4.94. The number of carbonyl (C=O) groups excluding carboxylic acids is 1. The van der Waals surface area contributed by atoms with Crippen molar-refractivity contribution < 1.29 is 4.79 Å². The van der Waals surface area contributed by atoms with Crippen LogP contribution < -0.4 is 5.32 Å². The molecule has 0 aliphatic rings. The zero-order valence-electron chi connectivity index (χ0n) is 13.0. The molecule has 1 rings (SSSR count). The lowest BCUT2D eigenvalue weighted by Gasteiger charge is -2.18. The SMILES string of the molecule is C/C=C/CCNC(=O)c1c(C)c(C)c(C)c(C)c1C. The fourth-order valence-electron chi connectivity index (χ4n) is 2.36. The van der Waals surface area contributed by atoms with Gasteiger partial charge < -0.3 is 5.32 Å². The Labute approximate surface area is 116 Å². The van der Waals surface area contributed by atoms with E-state index in [0.717, 1.165) is 23.1 Å². The van der Waals surface area contributed by atoms with Gasteiger partial charge in [0.25, 0.3) is 5.91 Å². The molecule has 0 aliphatic carbocycles. The highest BCUT2D eigenvalue weighted by Crippen LogP contribution is 2.25. The summed E-state index contributed by atoms with van der Waals surface area (Å²) in [5.74, 6) is 0.0469. The number of nitrogens with one attached hydrogen (secondary N) is 1. The standard InChI is InChI=1S/C17H25NO/c1-7-8-9-10-18-17(19)16-14(5)12(3)11(2)13(4)15(16)6/h7-8H,9-10H2,1-6H3,(H,18,19)/b8-7+. The molecule has 2 heteroatoms. The van der Waals surface area contributed by atoms with E-state index in [2.05, 4.69) is 32.2 Å². The van der Waals surface area contributed by atoms with Gasteiger partial charge in [-0.2, -0.15) is 0 Å². The molecule has 0 spiro atoms. The van der Waals surface area contributed by atoms with E-state index in [1.54, 1.807) is 0 Å². The van der Waals surface area contributed by atoms with Gasteiger partial charge >= 0.3 is 0 Å². The summed E-state index contributed by atoms with van der Waals surface area (Å²) < 4.78 is 0. The van der Waals surface area contributed by atoms with Gasteiger partial charge in [-0.3, -0.25) is 4.79 Å². The van der Waals surface area contributed by atoms with Crippen LogP contribution in [0.3, 0.4) is 0 Å². The van der Waals surface area contributed by atoms with Gasteiger partial charge in [0.05, 0.1) is 0 Å². The maximum Gasteiger partial charge on any atom is 0.251 e. The molecule has 1 amide bonds. The monoisotopic (exact) mass is 259 g/mol. The Balaban J connectivity index is 3.03. The molecule has 0 heterocycles. The molecule has 0 atom stereocenters. The summed E-state index contributed by atoms with van der Waals surface area (Å²) in [4.78, 5) is 12.3. The zero-order chi connectivity index (χ0) is 14.6. The van der Waals surface area contributed by atoms with Crippen LogP contribution >= 0.6 is 0 Å². The van der Waals surface area contributed by atoms with Crippen molar-refractivity contribution in [3.8, 4) is 0 Å². The molecule has 0 radical (unpaired) electrons. The molecule has 104 valence electrons. The van der Waals surface area contributed by atoms with Crippen molar-refractivity contribution in [1.29, 1.82) is 0 Å². The first kappa shape index (κ1) is 15.5. The number of carbonyl (C=O) groups is 1. The van der Waals surface area contributed by atoms with Gasteiger partial charge in [-0.1, -0.05) is 12.2 Å². The second kappa shape index (κ2) is 6.55. The molecule has 1 aromatic carbocycles. The van der Waals surface area contributed by atoms with E-state index in [4.69, 9.17) is 0 Å². The van der Waals surface area contributed by atoms with E-state index in [1.165, 1.54) is 16.7 Å². The van der Waals surface area contributed by atoms with E-state index in [-0.39, 0.29) is 5.91 Å². The normalized spacial score (nSPS) is 11.1. The number of hydrogen-bond acceptors (Lipinski definition) is 1. The van der Waals surface area contributed by atoms with Crippen LogP contribution in [0.1, 0.15) is 51.5 Å². The first-order chi connectivity index (χ1) is 8.91. The molecule has 0 saturated carbocycles. The number of rotatable bonds is 4. The van der Waals surface area contributed by atoms with Gasteiger partial charge in [0, 0.05) is 12.1 Å². The Kier molecular flexibility index (Phi) is 5.34. The minimum absolute atomic E-state index is 0.0469. The lowest BCUT2D eigenvalue weighted by Crippen LogP contribution is -2.26. The summed E-state index contributed by atoms with van der Waals surface area (Å²) >= 11 is 0. The summed E-state index contributed by atoms with van der Waals surface area (Å²) in [5.41, 5.74) is 6.79. The molecule has 19 heavy (non-hydrogen) atoms. The van der Waals surface area contributed by atoms with Gasteiger partial charge in [-0.15, -0.1) is 0 Å². The average Bonchev–Trinajstić information content (AvgIpc) is 2.39. The van der Waals surface area contributed by atoms with Crippen LogP contribution in [0.15, 0.2) is 12.2 Å². The largest absolute Gasteiger partial charge is 0.352 e. The number of hydrogen-bond donors (Lipinski definition) is 1. The molecule has 0 aliphatic heterocycles. The quantitative estimate of drug-likeness (QED) is 0.644. The predicted molar refractivity (Wildman–Crippen MR) is 81.9 cm³/mol. The van der Waals surface area contributed by atoms with Crippen molar-refractivity contribution in [2.45, 2.75) is 48.0 Å². The summed E-state index contributed by atoms with van der Waals surface area (Å²) in [7, 11) is 0. The van der Waals surface area contributed by atoms with E-state index in [0.29, 0.717) is 6.54 Å². The van der Waals surface area contributed by atoms with Crippen LogP contribution in [0.4, 0.5) is 0 Å². The van der Waals surface area contributed by atoms with Gasteiger partial charge in [0.2, 0.25) is 0 Å². The number of allylic oxidation sites excluding steroid dienone is 1. The fourth-order valence-corrected chi connectivity index (χ4v) is 2.36. The first-order valence-corrected chi connectivity index (χ1v) is 6.88. The van der Waals surface area contributed by atoms with Crippen LogP contribution in [0.25, 0.3) is 0 Å². The maximum atomic E-state index is 12.3. The Morgan fingerprint density at radius 1 is 0.947 bits per heavy atom. The van der Waals surface area contributed by atoms with Crippen molar-refractivity contribution in [2.75, 3.05) is 6.54 Å². The van der Waals surface area contributed by atoms with Gasteiger partial charge in [0.15, 0.2) is 0 Å². The van der Waals surface area contributed by atoms with Crippen LogP contribution in [0.5, 0.6) is 0 Å². The predicted octanol–water partition coefficient (Wildman–Crippen LogP) is 3.92. The molecule has 0 saturated heterocycles. The molecular weight excluding hydrogens is 234 g/mol. The minimum atomic E-state index is 0.0469. The highest BCUT2D eigenvalue weighted by Gasteiger charge is 2.17. The topological polar surface area (TPSA) is 29.1 Å². The Bertz CT molecular complexity index is 483. The lowest BCUT2D eigenvalue weighted by atomic mass is 9.89. The van der Waals surface area contributed by atoms with E-state index in [1.807, 2.05) is 26.8 Å². The number of amides is 1. The summed E-state index contributed by atoms with van der Waals surface area (Å²) in [6.45, 7) is 13.1. The molecule has 0 bridgehead atoms. The molecule has 0 unspecified atom stereocenters. The Hall–Kier alpha value is -1.57. The Morgan fingerprint density at radius 2 is 1.42 bits per heavy atom. The lowest BCUT2D eigenvalue weighted by molar-refractivity contribution is 0.0953. The van der Waals surface area contributed by atoms with Crippen LogP contribution in [0, 0.1) is 34.6 Å². The summed E-state index contributed by atoms with van der Waals surface area (Å²) in [6, 6.07) is 0. The maximum absolute atomic E-state index is 12.3. The van der Waals surface area contributed by atoms with Gasteiger partial charge in [-0.05, 0) is 75.8 Å². The average molecular weight is 259 g/mol. The third-order valence-corrected chi connectivity index (χ3v) is 4.06. The van der Waals surface area contributed by atoms with Crippen molar-refractivity contribution >= 4 is 5.91 Å². The first-order valence-electron chi connectivity index (χ1n) is 6.88. The second-order valence-electron chi connectivity index (χ2n) is 5.11. The third-order valence-electron chi connectivity index (χ3n) is 4.06. The molecule has 0 aromatic heterocycles. The van der Waals surface area contributed by atoms with Crippen LogP contribution in [-0.4, -0.2) is 12.5 Å². The highest BCUT2D eigenvalue weighted by atomic mass is 16.1. The van der Waals surface area contributed by atoms with Crippen LogP contribution in [-0.2, 0) is 0 Å². The van der Waals surface area contributed by atoms with Crippen molar-refractivity contribution in [1.82, 2.24) is 5.32 Å². The van der Waals surface area contributed by atoms with Crippen molar-refractivity contribution in [3.05, 3.63) is 45.5 Å². The van der Waals surface area contributed by atoms with E-state index < -0.39 is 0 Å². The molecule has 0 fully saturated rings. The second-order valence-corrected chi connectivity index (χ2v) is 5.11. The van der Waals surface area contributed by atoms with Crippen molar-refractivity contribution in [3.63, 3.8) is 0 Å². The third kappa shape index (κ3) is 3.25. The highest BCUT2D eigenvalue weighted by molar-refractivity contribution is 5.98. The van der Waals surface area contributed by atoms with Crippen LogP contribution in [0.2, 0.25) is 0 Å². The molecule has 2 nitrogen and oxygen atoms in total. The van der Waals surface area contributed by atoms with Gasteiger partial charge in [0.1, 0.15) is 0 Å². The van der Waals surface area contributed by atoms with E-state index >= 15 is 0 Å². The Morgan fingerprint density at radius 3 is 1.89 bits per heavy atom. The summed E-state index contributed by atoms with van der Waals surface area (Å²) in [5, 5.41) is 3.00. The van der Waals surface area contributed by atoms with Gasteiger partial charge in [-0.25, -0.2) is 0 Å². The molecule has 1 aromatic rings. The molecule has 1 N–H and O–H groups in total. The molecular formula is C17H25NO. The number of benzene rings is 1. The van der Waals surface area contributed by atoms with Crippen molar-refractivity contribution in [2.24, 2.45) is 0 Å². The fraction of sp³-hybridized carbons (Fsp3) is 0.471. The zero-order valence-corrected chi connectivity index (χ0v) is 13.0. The smallest absolute Gasteiger partial charge is 0.251 e. The minimum Gasteiger partial charge on any atom is -0.352 e. The van der Waals surface area contributed by atoms with E-state index in [9.17, 15) is 4.79 Å².